The molecule has 1 unspecified atom stereocenters. The quantitative estimate of drug-likeness (QED) is 0.768. The maximum absolute atomic E-state index is 11.6. The Kier molecular flexibility index (Phi) is 6.39. The number of anilines is 3. The summed E-state index contributed by atoms with van der Waals surface area (Å²) < 4.78 is 5.41. The molecule has 1 aromatic carbocycles. The highest BCUT2D eigenvalue weighted by Gasteiger charge is 2.13. The van der Waals surface area contributed by atoms with Gasteiger partial charge in [-0.05, 0) is 42.3 Å². The van der Waals surface area contributed by atoms with E-state index in [9.17, 15) is 4.79 Å². The lowest BCUT2D eigenvalue weighted by atomic mass is 10.0. The molecule has 0 spiro atoms. The maximum Gasteiger partial charge on any atom is 0.227 e. The Balaban J connectivity index is 1.39. The number of hydrogen-bond acceptors (Lipinski definition) is 6. The van der Waals surface area contributed by atoms with Gasteiger partial charge in [0.05, 0.1) is 24.9 Å². The summed E-state index contributed by atoms with van der Waals surface area (Å²) >= 11 is 0. The number of carbonyl (C=O) groups is 1. The molecule has 1 aliphatic carbocycles. The zero-order chi connectivity index (χ0) is 20.8. The number of nitrogens with zero attached hydrogens (tertiary/aromatic N) is 3. The van der Waals surface area contributed by atoms with Crippen molar-refractivity contribution in [1.82, 2.24) is 15.3 Å². The minimum absolute atomic E-state index is 0.0469. The molecule has 0 saturated carbocycles. The van der Waals surface area contributed by atoms with Gasteiger partial charge < -0.3 is 20.3 Å². The van der Waals surface area contributed by atoms with Crippen molar-refractivity contribution in [1.29, 1.82) is 0 Å². The molecule has 1 atom stereocenters. The lowest BCUT2D eigenvalue weighted by Crippen LogP contribution is -2.36. The van der Waals surface area contributed by atoms with Crippen molar-refractivity contribution in [3.8, 4) is 0 Å². The van der Waals surface area contributed by atoms with E-state index in [-0.39, 0.29) is 11.9 Å². The Morgan fingerprint density at radius 3 is 2.70 bits per heavy atom. The van der Waals surface area contributed by atoms with Crippen molar-refractivity contribution in [2.75, 3.05) is 36.5 Å². The molecule has 30 heavy (non-hydrogen) atoms. The third-order valence-corrected chi connectivity index (χ3v) is 5.22. The van der Waals surface area contributed by atoms with E-state index < -0.39 is 0 Å². The fraction of sp³-hybridized carbons (Fsp3) is 0.348. The number of rotatable bonds is 6. The second-order valence-electron chi connectivity index (χ2n) is 7.32. The topological polar surface area (TPSA) is 79.4 Å². The minimum atomic E-state index is 0.0469. The lowest BCUT2D eigenvalue weighted by molar-refractivity contribution is -0.121. The number of ether oxygens (including phenoxy) is 1. The van der Waals surface area contributed by atoms with E-state index in [0.29, 0.717) is 12.4 Å². The van der Waals surface area contributed by atoms with Crippen molar-refractivity contribution in [2.24, 2.45) is 0 Å². The number of allylic oxidation sites excluding steroid dienone is 2. The first-order valence-electron chi connectivity index (χ1n) is 10.4. The van der Waals surface area contributed by atoms with Gasteiger partial charge in [0.25, 0.3) is 0 Å². The van der Waals surface area contributed by atoms with Gasteiger partial charge in [0.1, 0.15) is 0 Å². The highest BCUT2D eigenvalue weighted by molar-refractivity contribution is 5.78. The van der Waals surface area contributed by atoms with Crippen molar-refractivity contribution >= 4 is 28.8 Å². The van der Waals surface area contributed by atoms with Crippen LogP contribution >= 0.6 is 0 Å². The van der Waals surface area contributed by atoms with E-state index >= 15 is 0 Å². The molecule has 2 aliphatic rings. The van der Waals surface area contributed by atoms with Crippen LogP contribution in [0.25, 0.3) is 5.57 Å². The number of aromatic nitrogens is 2. The van der Waals surface area contributed by atoms with Gasteiger partial charge in [-0.15, -0.1) is 0 Å². The summed E-state index contributed by atoms with van der Waals surface area (Å²) in [6, 6.07) is 10.2. The van der Waals surface area contributed by atoms with Gasteiger partial charge in [-0.25, -0.2) is 9.97 Å². The number of carbonyl (C=O) groups excluding carboxylic acids is 1. The van der Waals surface area contributed by atoms with Gasteiger partial charge in [0, 0.05) is 37.1 Å². The zero-order valence-corrected chi connectivity index (χ0v) is 17.2. The van der Waals surface area contributed by atoms with E-state index in [1.165, 1.54) is 5.69 Å². The molecule has 0 radical (unpaired) electrons. The highest BCUT2D eigenvalue weighted by Crippen LogP contribution is 2.23. The first-order chi connectivity index (χ1) is 14.7. The van der Waals surface area contributed by atoms with Gasteiger partial charge in [-0.1, -0.05) is 25.2 Å². The second-order valence-corrected chi connectivity index (χ2v) is 7.32. The van der Waals surface area contributed by atoms with Crippen molar-refractivity contribution in [3.05, 3.63) is 60.5 Å². The molecule has 4 rings (SSSR count). The Labute approximate surface area is 176 Å². The largest absolute Gasteiger partial charge is 0.378 e. The molecular weight excluding hydrogens is 378 g/mol. The molecule has 2 aromatic rings. The summed E-state index contributed by atoms with van der Waals surface area (Å²) in [4.78, 5) is 22.9. The fourth-order valence-electron chi connectivity index (χ4n) is 3.51. The summed E-state index contributed by atoms with van der Waals surface area (Å²) in [7, 11) is 0. The SMILES string of the molecule is CCC(=O)NC1C=CC(c2ccnc(Nc3ccc(N4CCOCC4)cc3)n2)=CC1. The monoisotopic (exact) mass is 405 g/mol. The molecule has 1 aliphatic heterocycles. The Hall–Kier alpha value is -3.19. The molecule has 2 heterocycles. The van der Waals surface area contributed by atoms with Crippen LogP contribution < -0.4 is 15.5 Å². The van der Waals surface area contributed by atoms with E-state index in [2.05, 4.69) is 43.7 Å². The van der Waals surface area contributed by atoms with Crippen LogP contribution in [0.3, 0.4) is 0 Å². The Morgan fingerprint density at radius 2 is 2.00 bits per heavy atom. The highest BCUT2D eigenvalue weighted by atomic mass is 16.5. The number of amides is 1. The van der Waals surface area contributed by atoms with Crippen LogP contribution in [0.2, 0.25) is 0 Å². The normalized spacial score (nSPS) is 18.6. The molecule has 1 saturated heterocycles. The summed E-state index contributed by atoms with van der Waals surface area (Å²) in [5.41, 5.74) is 4.03. The fourth-order valence-corrected chi connectivity index (χ4v) is 3.51. The standard InChI is InChI=1S/C23H27N5O2/c1-2-22(29)25-18-5-3-17(4-6-18)21-11-12-24-23(27-21)26-19-7-9-20(10-8-19)28-13-15-30-16-14-28/h3-5,7-12,18H,2,6,13-16H2,1H3,(H,25,29)(H,24,26,27). The predicted octanol–water partition coefficient (Wildman–Crippen LogP) is 3.29. The van der Waals surface area contributed by atoms with Gasteiger partial charge in [0.15, 0.2) is 0 Å². The van der Waals surface area contributed by atoms with Crippen LogP contribution in [0, 0.1) is 0 Å². The van der Waals surface area contributed by atoms with Crippen LogP contribution in [-0.2, 0) is 9.53 Å². The molecular formula is C23H27N5O2. The first kappa shape index (κ1) is 20.1. The van der Waals surface area contributed by atoms with Gasteiger partial charge >= 0.3 is 0 Å². The van der Waals surface area contributed by atoms with Gasteiger partial charge in [-0.2, -0.15) is 0 Å². The average molecular weight is 406 g/mol. The predicted molar refractivity (Wildman–Crippen MR) is 119 cm³/mol. The Bertz CT molecular complexity index is 933. The first-order valence-corrected chi connectivity index (χ1v) is 10.4. The van der Waals surface area contributed by atoms with Crippen LogP contribution in [0.4, 0.5) is 17.3 Å². The third kappa shape index (κ3) is 5.04. The summed E-state index contributed by atoms with van der Waals surface area (Å²) in [5, 5.41) is 6.27. The molecule has 7 heteroatoms. The molecule has 7 nitrogen and oxygen atoms in total. The van der Waals surface area contributed by atoms with Crippen molar-refractivity contribution in [3.63, 3.8) is 0 Å². The summed E-state index contributed by atoms with van der Waals surface area (Å²) in [6.07, 6.45) is 9.13. The van der Waals surface area contributed by atoms with Crippen molar-refractivity contribution < 1.29 is 9.53 Å². The number of hydrogen-bond donors (Lipinski definition) is 2. The molecule has 1 aromatic heterocycles. The average Bonchev–Trinajstić information content (AvgIpc) is 2.81. The van der Waals surface area contributed by atoms with Crippen LogP contribution in [0.5, 0.6) is 0 Å². The molecule has 1 amide bonds. The second kappa shape index (κ2) is 9.54. The smallest absolute Gasteiger partial charge is 0.227 e. The van der Waals surface area contributed by atoms with Crippen molar-refractivity contribution in [2.45, 2.75) is 25.8 Å². The van der Waals surface area contributed by atoms with Crippen LogP contribution in [0.1, 0.15) is 25.5 Å². The molecule has 1 fully saturated rings. The number of morpholine rings is 1. The third-order valence-electron chi connectivity index (χ3n) is 5.22. The van der Waals surface area contributed by atoms with E-state index in [1.54, 1.807) is 6.20 Å². The van der Waals surface area contributed by atoms with E-state index in [4.69, 9.17) is 4.74 Å². The summed E-state index contributed by atoms with van der Waals surface area (Å²) in [6.45, 7) is 5.25. The van der Waals surface area contributed by atoms with Gasteiger partial charge in [0.2, 0.25) is 11.9 Å². The lowest BCUT2D eigenvalue weighted by Gasteiger charge is -2.28. The van der Waals surface area contributed by atoms with Crippen LogP contribution in [-0.4, -0.2) is 48.2 Å². The number of nitrogens with one attached hydrogen (secondary N) is 2. The zero-order valence-electron chi connectivity index (χ0n) is 17.2. The maximum atomic E-state index is 11.6. The summed E-state index contributed by atoms with van der Waals surface area (Å²) in [5.74, 6) is 0.622. The van der Waals surface area contributed by atoms with Gasteiger partial charge in [-0.3, -0.25) is 4.79 Å². The van der Waals surface area contributed by atoms with Crippen LogP contribution in [0.15, 0.2) is 54.8 Å². The van der Waals surface area contributed by atoms with E-state index in [1.807, 2.05) is 37.3 Å². The number of benzene rings is 1. The Morgan fingerprint density at radius 1 is 1.20 bits per heavy atom. The molecule has 0 bridgehead atoms. The molecule has 156 valence electrons. The minimum Gasteiger partial charge on any atom is -0.378 e. The molecule has 2 N–H and O–H groups in total. The van der Waals surface area contributed by atoms with E-state index in [0.717, 1.165) is 49.7 Å².